The smallest absolute Gasteiger partial charge is 0.392 e. The zero-order chi connectivity index (χ0) is 29.9. The van der Waals surface area contributed by atoms with Gasteiger partial charge in [-0.2, -0.15) is 13.2 Å². The molecule has 6 nitrogen and oxygen atoms in total. The second kappa shape index (κ2) is 14.1. The third kappa shape index (κ3) is 7.71. The summed E-state index contributed by atoms with van der Waals surface area (Å²) in [5.41, 5.74) is -1.47. The van der Waals surface area contributed by atoms with E-state index < -0.39 is 17.8 Å². The molecule has 5 rings (SSSR count). The van der Waals surface area contributed by atoms with Gasteiger partial charge in [-0.1, -0.05) is 25.5 Å². The minimum atomic E-state index is -4.10. The normalized spacial score (nSPS) is 37.3. The first-order valence-electron chi connectivity index (χ1n) is 16.5. The molecule has 0 bridgehead atoms. The molecule has 42 heavy (non-hydrogen) atoms. The van der Waals surface area contributed by atoms with Gasteiger partial charge in [0.05, 0.1) is 31.5 Å². The fraction of sp³-hybridized carbons (Fsp3) is 0.938. The van der Waals surface area contributed by atoms with Crippen molar-refractivity contribution in [2.24, 2.45) is 29.1 Å². The maximum Gasteiger partial charge on any atom is 0.395 e. The van der Waals surface area contributed by atoms with E-state index in [9.17, 15) is 18.3 Å². The summed E-state index contributed by atoms with van der Waals surface area (Å²) < 4.78 is 68.1. The van der Waals surface area contributed by atoms with Gasteiger partial charge in [0.25, 0.3) is 0 Å². The summed E-state index contributed by atoms with van der Waals surface area (Å²) in [5, 5.41) is 9.93. The van der Waals surface area contributed by atoms with E-state index in [1.807, 2.05) is 11.0 Å². The predicted octanol–water partition coefficient (Wildman–Crippen LogP) is 5.47. The van der Waals surface area contributed by atoms with Crippen LogP contribution in [-0.2, 0) is 9.47 Å². The largest absolute Gasteiger partial charge is 0.395 e. The fourth-order valence-corrected chi connectivity index (χ4v) is 8.11. The average molecular weight is 604 g/mol. The SMILES string of the molecule is CCC1CC(O)CN1COCC1C=CC(C2CCC(OCC3CCN(CC4(C(F)(F)F)CCC4)CC3)N(C)C2)CC1F. The van der Waals surface area contributed by atoms with Crippen molar-refractivity contribution in [2.45, 2.75) is 102 Å². The van der Waals surface area contributed by atoms with E-state index in [-0.39, 0.29) is 43.6 Å². The van der Waals surface area contributed by atoms with Gasteiger partial charge in [-0.3, -0.25) is 9.80 Å². The van der Waals surface area contributed by atoms with E-state index in [0.29, 0.717) is 57.2 Å². The number of piperidine rings is 2. The molecule has 4 fully saturated rings. The molecule has 0 aromatic rings. The summed E-state index contributed by atoms with van der Waals surface area (Å²) in [6.45, 7) is 6.70. The zero-order valence-electron chi connectivity index (χ0n) is 25.6. The Bertz CT molecular complexity index is 880. The highest BCUT2D eigenvalue weighted by molar-refractivity contribution is 5.05. The molecule has 0 amide bonds. The number of rotatable bonds is 11. The monoisotopic (exact) mass is 603 g/mol. The van der Waals surface area contributed by atoms with Crippen LogP contribution in [0.15, 0.2) is 12.2 Å². The number of hydrogen-bond acceptors (Lipinski definition) is 6. The van der Waals surface area contributed by atoms with Crippen LogP contribution in [0, 0.1) is 29.1 Å². The number of ether oxygens (including phenoxy) is 2. The molecule has 0 aromatic carbocycles. The van der Waals surface area contributed by atoms with Gasteiger partial charge >= 0.3 is 6.18 Å². The molecule has 10 heteroatoms. The number of allylic oxidation sites excluding steroid dienone is 1. The minimum Gasteiger partial charge on any atom is -0.392 e. The highest BCUT2D eigenvalue weighted by Gasteiger charge is 2.58. The second-order valence-electron chi connectivity index (χ2n) is 14.1. The molecule has 7 unspecified atom stereocenters. The summed E-state index contributed by atoms with van der Waals surface area (Å²) in [7, 11) is 2.09. The lowest BCUT2D eigenvalue weighted by Crippen LogP contribution is -2.53. The van der Waals surface area contributed by atoms with Gasteiger partial charge in [-0.15, -0.1) is 0 Å². The number of aliphatic hydroxyl groups excluding tert-OH is 1. The molecule has 0 spiro atoms. The van der Waals surface area contributed by atoms with E-state index in [0.717, 1.165) is 58.2 Å². The molecule has 1 N–H and O–H groups in total. The van der Waals surface area contributed by atoms with Crippen molar-refractivity contribution in [1.82, 2.24) is 14.7 Å². The first-order valence-corrected chi connectivity index (χ1v) is 16.5. The van der Waals surface area contributed by atoms with Gasteiger partial charge in [-0.05, 0) is 95.7 Å². The van der Waals surface area contributed by atoms with Crippen molar-refractivity contribution in [2.75, 3.05) is 59.7 Å². The van der Waals surface area contributed by atoms with Gasteiger partial charge in [0.2, 0.25) is 0 Å². The van der Waals surface area contributed by atoms with E-state index in [1.165, 1.54) is 0 Å². The fourth-order valence-electron chi connectivity index (χ4n) is 8.11. The average Bonchev–Trinajstić information content (AvgIpc) is 3.30. The van der Waals surface area contributed by atoms with Crippen molar-refractivity contribution < 1.29 is 32.1 Å². The number of aliphatic hydroxyl groups is 1. The van der Waals surface area contributed by atoms with Crippen LogP contribution in [0.4, 0.5) is 17.6 Å². The first-order chi connectivity index (χ1) is 20.1. The van der Waals surface area contributed by atoms with Crippen LogP contribution in [0.2, 0.25) is 0 Å². The molecule has 1 saturated carbocycles. The summed E-state index contributed by atoms with van der Waals surface area (Å²) in [4.78, 5) is 6.45. The number of alkyl halides is 4. The molecule has 7 atom stereocenters. The van der Waals surface area contributed by atoms with Crippen LogP contribution in [0.25, 0.3) is 0 Å². The number of halogens is 4. The van der Waals surface area contributed by atoms with Gasteiger partial charge < -0.3 is 19.5 Å². The Kier molecular flexibility index (Phi) is 11.0. The number of likely N-dealkylation sites (tertiary alicyclic amines) is 3. The van der Waals surface area contributed by atoms with E-state index in [4.69, 9.17) is 9.47 Å². The maximum atomic E-state index is 15.2. The number of hydrogen-bond donors (Lipinski definition) is 1. The summed E-state index contributed by atoms with van der Waals surface area (Å²) in [5.74, 6) is 0.799. The Balaban J connectivity index is 0.986. The lowest BCUT2D eigenvalue weighted by molar-refractivity contribution is -0.256. The third-order valence-corrected chi connectivity index (χ3v) is 11.2. The van der Waals surface area contributed by atoms with Crippen molar-refractivity contribution in [3.8, 4) is 0 Å². The zero-order valence-corrected chi connectivity index (χ0v) is 25.6. The molecular formula is C32H53F4N3O3. The van der Waals surface area contributed by atoms with Crippen molar-refractivity contribution in [1.29, 1.82) is 0 Å². The van der Waals surface area contributed by atoms with Crippen molar-refractivity contribution in [3.63, 3.8) is 0 Å². The van der Waals surface area contributed by atoms with E-state index in [1.54, 1.807) is 0 Å². The standard InChI is InChI=1S/C32H53F4N3O3/c1-3-27-16-28(40)18-39(27)22-41-20-26-6-5-24(15-29(26)33)25-7-8-30(37(2)17-25)42-19-23-9-13-38(14-10-23)21-31(11-4-12-31)32(34,35)36/h5-6,23-30,40H,3-4,7-22H2,1-2H3. The van der Waals surface area contributed by atoms with Crippen LogP contribution in [0.1, 0.15) is 71.1 Å². The topological polar surface area (TPSA) is 48.4 Å². The van der Waals surface area contributed by atoms with E-state index >= 15 is 4.39 Å². The van der Waals surface area contributed by atoms with Crippen LogP contribution < -0.4 is 0 Å². The van der Waals surface area contributed by atoms with Crippen molar-refractivity contribution in [3.05, 3.63) is 12.2 Å². The van der Waals surface area contributed by atoms with Gasteiger partial charge in [0, 0.05) is 31.6 Å². The molecule has 3 aliphatic heterocycles. The number of nitrogens with zero attached hydrogens (tertiary/aromatic N) is 3. The third-order valence-electron chi connectivity index (χ3n) is 11.2. The summed E-state index contributed by atoms with van der Waals surface area (Å²) >= 11 is 0. The lowest BCUT2D eigenvalue weighted by atomic mass is 9.67. The lowest BCUT2D eigenvalue weighted by Gasteiger charge is -2.47. The Morgan fingerprint density at radius 1 is 1.00 bits per heavy atom. The summed E-state index contributed by atoms with van der Waals surface area (Å²) in [6.07, 6.45) is 6.21. The molecule has 5 aliphatic rings. The molecule has 0 radical (unpaired) electrons. The maximum absolute atomic E-state index is 15.2. The van der Waals surface area contributed by atoms with Crippen molar-refractivity contribution >= 4 is 0 Å². The van der Waals surface area contributed by atoms with Gasteiger partial charge in [-0.25, -0.2) is 4.39 Å². The number of β-amino-alcohol motifs (C(OH)–C–C–N with tert-alkyl or cyclic N) is 1. The van der Waals surface area contributed by atoms with Crippen LogP contribution in [0.3, 0.4) is 0 Å². The van der Waals surface area contributed by atoms with Gasteiger partial charge in [0.1, 0.15) is 12.4 Å². The van der Waals surface area contributed by atoms with Gasteiger partial charge in [0.15, 0.2) is 0 Å². The molecule has 3 heterocycles. The van der Waals surface area contributed by atoms with Crippen LogP contribution in [0.5, 0.6) is 0 Å². The first kappa shape index (κ1) is 32.6. The Hall–Kier alpha value is -0.780. The molecule has 2 aliphatic carbocycles. The summed E-state index contributed by atoms with van der Waals surface area (Å²) in [6, 6.07) is 0.341. The molecule has 3 saturated heterocycles. The van der Waals surface area contributed by atoms with Crippen LogP contribution >= 0.6 is 0 Å². The highest BCUT2D eigenvalue weighted by atomic mass is 19.4. The van der Waals surface area contributed by atoms with Crippen LogP contribution in [-0.4, -0.2) is 110 Å². The Morgan fingerprint density at radius 2 is 1.76 bits per heavy atom. The molecule has 242 valence electrons. The minimum absolute atomic E-state index is 0.0497. The Labute approximate surface area is 249 Å². The predicted molar refractivity (Wildman–Crippen MR) is 154 cm³/mol. The Morgan fingerprint density at radius 3 is 2.38 bits per heavy atom. The second-order valence-corrected chi connectivity index (χ2v) is 14.1. The quantitative estimate of drug-likeness (QED) is 0.250. The highest BCUT2D eigenvalue weighted by Crippen LogP contribution is 2.53. The molecule has 0 aromatic heterocycles. The van der Waals surface area contributed by atoms with E-state index in [2.05, 4.69) is 29.8 Å². The molecular weight excluding hydrogens is 550 g/mol.